The van der Waals surface area contributed by atoms with E-state index < -0.39 is 0 Å². The summed E-state index contributed by atoms with van der Waals surface area (Å²) in [4.78, 5) is 11.4. The van der Waals surface area contributed by atoms with Gasteiger partial charge in [0.2, 0.25) is 5.91 Å². The van der Waals surface area contributed by atoms with Gasteiger partial charge in [0.05, 0.1) is 5.25 Å². The molecule has 6 heteroatoms. The second-order valence-corrected chi connectivity index (χ2v) is 7.21. The minimum absolute atomic E-state index is 0.367. The number of carbonyl (C=O) groups excluding carboxylic acids is 1. The van der Waals surface area contributed by atoms with Gasteiger partial charge in [-0.25, -0.2) is 0 Å². The Bertz CT molecular complexity index is 876. The highest BCUT2D eigenvalue weighted by atomic mass is 32.2. The van der Waals surface area contributed by atoms with E-state index in [0.29, 0.717) is 11.6 Å². The van der Waals surface area contributed by atoms with Crippen molar-refractivity contribution < 1.29 is 4.79 Å². The molecule has 25 heavy (non-hydrogen) atoms. The third-order valence-corrected chi connectivity index (χ3v) is 4.91. The Labute approximate surface area is 151 Å². The number of benzene rings is 2. The first-order valence-electron chi connectivity index (χ1n) is 8.06. The molecular weight excluding hydrogens is 332 g/mol. The number of nitrogens with two attached hydrogens (primary N) is 1. The molecule has 0 saturated heterocycles. The zero-order valence-corrected chi connectivity index (χ0v) is 15.0. The maximum Gasteiger partial charge on any atom is 0.230 e. The van der Waals surface area contributed by atoms with E-state index in [1.165, 1.54) is 11.8 Å². The standard InChI is InChI=1S/C19H20N4OS/c1-13-7-6-10-16(11-13)23-17(12-15-8-4-3-5-9-15)21-22-19(23)25-14(2)18(20)24/h3-11,14H,12H2,1-2H3,(H2,20,24). The highest BCUT2D eigenvalue weighted by molar-refractivity contribution is 8.00. The number of rotatable bonds is 6. The van der Waals surface area contributed by atoms with Crippen LogP contribution in [0.4, 0.5) is 0 Å². The Hall–Kier alpha value is -2.60. The van der Waals surface area contributed by atoms with Crippen molar-refractivity contribution in [3.63, 3.8) is 0 Å². The van der Waals surface area contributed by atoms with Gasteiger partial charge in [-0.2, -0.15) is 0 Å². The number of aromatic nitrogens is 3. The Morgan fingerprint density at radius 1 is 1.16 bits per heavy atom. The quantitative estimate of drug-likeness (QED) is 0.692. The number of nitrogens with zero attached hydrogens (tertiary/aromatic N) is 3. The maximum atomic E-state index is 11.4. The second-order valence-electron chi connectivity index (χ2n) is 5.90. The summed E-state index contributed by atoms with van der Waals surface area (Å²) >= 11 is 1.33. The molecule has 2 N–H and O–H groups in total. The number of hydrogen-bond acceptors (Lipinski definition) is 4. The Kier molecular flexibility index (Phi) is 5.19. The van der Waals surface area contributed by atoms with E-state index in [2.05, 4.69) is 28.4 Å². The molecule has 0 aliphatic carbocycles. The van der Waals surface area contributed by atoms with E-state index in [1.54, 1.807) is 6.92 Å². The van der Waals surface area contributed by atoms with Crippen molar-refractivity contribution in [1.82, 2.24) is 14.8 Å². The SMILES string of the molecule is Cc1cccc(-n2c(Cc3ccccc3)nnc2SC(C)C(N)=O)c1. The molecule has 1 aromatic heterocycles. The summed E-state index contributed by atoms with van der Waals surface area (Å²) in [6.45, 7) is 3.82. The fraction of sp³-hybridized carbons (Fsp3) is 0.211. The van der Waals surface area contributed by atoms with Crippen molar-refractivity contribution in [3.8, 4) is 5.69 Å². The van der Waals surface area contributed by atoms with E-state index in [0.717, 1.165) is 22.6 Å². The topological polar surface area (TPSA) is 73.8 Å². The lowest BCUT2D eigenvalue weighted by Crippen LogP contribution is -2.23. The fourth-order valence-corrected chi connectivity index (χ4v) is 3.35. The maximum absolute atomic E-state index is 11.4. The number of primary amides is 1. The van der Waals surface area contributed by atoms with Gasteiger partial charge in [0, 0.05) is 12.1 Å². The molecule has 2 aromatic carbocycles. The van der Waals surface area contributed by atoms with Crippen LogP contribution in [0.15, 0.2) is 59.8 Å². The highest BCUT2D eigenvalue weighted by Crippen LogP contribution is 2.27. The van der Waals surface area contributed by atoms with E-state index in [1.807, 2.05) is 47.9 Å². The van der Waals surface area contributed by atoms with Crippen LogP contribution in [0.5, 0.6) is 0 Å². The molecule has 0 aliphatic heterocycles. The molecule has 1 heterocycles. The molecule has 1 atom stereocenters. The van der Waals surface area contributed by atoms with Gasteiger partial charge in [-0.05, 0) is 37.1 Å². The van der Waals surface area contributed by atoms with Gasteiger partial charge >= 0.3 is 0 Å². The van der Waals surface area contributed by atoms with Crippen LogP contribution >= 0.6 is 11.8 Å². The number of amides is 1. The average Bonchev–Trinajstić information content (AvgIpc) is 2.98. The van der Waals surface area contributed by atoms with E-state index in [4.69, 9.17) is 5.73 Å². The zero-order chi connectivity index (χ0) is 17.8. The van der Waals surface area contributed by atoms with Gasteiger partial charge in [0.25, 0.3) is 0 Å². The lowest BCUT2D eigenvalue weighted by atomic mass is 10.1. The first-order chi connectivity index (χ1) is 12.0. The van der Waals surface area contributed by atoms with Gasteiger partial charge in [0.1, 0.15) is 5.82 Å². The molecule has 0 bridgehead atoms. The Morgan fingerprint density at radius 2 is 1.92 bits per heavy atom. The summed E-state index contributed by atoms with van der Waals surface area (Å²) in [6.07, 6.45) is 0.660. The van der Waals surface area contributed by atoms with Gasteiger partial charge in [-0.15, -0.1) is 10.2 Å². The van der Waals surface area contributed by atoms with Gasteiger partial charge in [-0.1, -0.05) is 54.2 Å². The van der Waals surface area contributed by atoms with Gasteiger partial charge in [0.15, 0.2) is 5.16 Å². The van der Waals surface area contributed by atoms with Crippen LogP contribution in [0.25, 0.3) is 5.69 Å². The monoisotopic (exact) mass is 352 g/mol. The number of aryl methyl sites for hydroxylation is 1. The first-order valence-corrected chi connectivity index (χ1v) is 8.94. The van der Waals surface area contributed by atoms with Crippen molar-refractivity contribution in [3.05, 3.63) is 71.5 Å². The molecule has 3 rings (SSSR count). The number of carbonyl (C=O) groups is 1. The van der Waals surface area contributed by atoms with Crippen molar-refractivity contribution >= 4 is 17.7 Å². The minimum atomic E-state index is -0.377. The lowest BCUT2D eigenvalue weighted by Gasteiger charge is -2.12. The summed E-state index contributed by atoms with van der Waals surface area (Å²) in [6, 6.07) is 18.3. The summed E-state index contributed by atoms with van der Waals surface area (Å²) in [5.74, 6) is 0.462. The highest BCUT2D eigenvalue weighted by Gasteiger charge is 2.19. The molecule has 3 aromatic rings. The fourth-order valence-electron chi connectivity index (χ4n) is 2.51. The van der Waals surface area contributed by atoms with Crippen LogP contribution in [0.2, 0.25) is 0 Å². The lowest BCUT2D eigenvalue weighted by molar-refractivity contribution is -0.117. The van der Waals surface area contributed by atoms with Crippen molar-refractivity contribution in [2.75, 3.05) is 0 Å². The molecule has 0 spiro atoms. The minimum Gasteiger partial charge on any atom is -0.369 e. The number of thioether (sulfide) groups is 1. The molecule has 0 fully saturated rings. The second kappa shape index (κ2) is 7.53. The zero-order valence-electron chi connectivity index (χ0n) is 14.2. The van der Waals surface area contributed by atoms with Crippen LogP contribution in [0.3, 0.4) is 0 Å². The first kappa shape index (κ1) is 17.2. The predicted octanol–water partition coefficient (Wildman–Crippen LogP) is 3.13. The molecule has 0 aliphatic rings. The smallest absolute Gasteiger partial charge is 0.230 e. The molecule has 0 radical (unpaired) electrons. The third-order valence-electron chi connectivity index (χ3n) is 3.85. The van der Waals surface area contributed by atoms with E-state index in [9.17, 15) is 4.79 Å². The van der Waals surface area contributed by atoms with Gasteiger partial charge < -0.3 is 5.73 Å². The summed E-state index contributed by atoms with van der Waals surface area (Å²) in [7, 11) is 0. The van der Waals surface area contributed by atoms with Crippen LogP contribution in [-0.4, -0.2) is 25.9 Å². The summed E-state index contributed by atoms with van der Waals surface area (Å²) < 4.78 is 2.00. The predicted molar refractivity (Wildman–Crippen MR) is 99.9 cm³/mol. The van der Waals surface area contributed by atoms with Crippen LogP contribution < -0.4 is 5.73 Å². The molecule has 1 unspecified atom stereocenters. The average molecular weight is 352 g/mol. The largest absolute Gasteiger partial charge is 0.369 e. The summed E-state index contributed by atoms with van der Waals surface area (Å²) in [5, 5.41) is 8.97. The van der Waals surface area contributed by atoms with Crippen LogP contribution in [-0.2, 0) is 11.2 Å². The summed E-state index contributed by atoms with van der Waals surface area (Å²) in [5.41, 5.74) is 8.70. The molecule has 128 valence electrons. The van der Waals surface area contributed by atoms with Crippen molar-refractivity contribution in [1.29, 1.82) is 0 Å². The van der Waals surface area contributed by atoms with Crippen LogP contribution in [0.1, 0.15) is 23.9 Å². The number of hydrogen-bond donors (Lipinski definition) is 1. The third kappa shape index (κ3) is 4.09. The van der Waals surface area contributed by atoms with E-state index in [-0.39, 0.29) is 11.2 Å². The van der Waals surface area contributed by atoms with E-state index >= 15 is 0 Å². The van der Waals surface area contributed by atoms with Gasteiger partial charge in [-0.3, -0.25) is 9.36 Å². The van der Waals surface area contributed by atoms with Crippen LogP contribution in [0, 0.1) is 6.92 Å². The molecular formula is C19H20N4OS. The van der Waals surface area contributed by atoms with Crippen molar-refractivity contribution in [2.24, 2.45) is 5.73 Å². The Morgan fingerprint density at radius 3 is 2.60 bits per heavy atom. The molecule has 1 amide bonds. The Balaban J connectivity index is 2.03. The molecule has 5 nitrogen and oxygen atoms in total. The van der Waals surface area contributed by atoms with Crippen molar-refractivity contribution in [2.45, 2.75) is 30.7 Å². The normalized spacial score (nSPS) is 12.1. The molecule has 0 saturated carbocycles.